The molecule has 4 rings (SSSR count). The van der Waals surface area contributed by atoms with E-state index in [4.69, 9.17) is 16.3 Å². The summed E-state index contributed by atoms with van der Waals surface area (Å²) in [4.78, 5) is 49.0. The molecule has 4 amide bonds. The van der Waals surface area contributed by atoms with Gasteiger partial charge in [-0.3, -0.25) is 25.0 Å². The maximum absolute atomic E-state index is 13.1. The zero-order valence-electron chi connectivity index (χ0n) is 17.4. The van der Waals surface area contributed by atoms with E-state index in [-0.39, 0.29) is 23.6 Å². The van der Waals surface area contributed by atoms with Gasteiger partial charge in [-0.2, -0.15) is 0 Å². The lowest BCUT2D eigenvalue weighted by molar-refractivity contribution is -0.384. The van der Waals surface area contributed by atoms with Crippen molar-refractivity contribution in [3.63, 3.8) is 0 Å². The molecule has 0 saturated carbocycles. The summed E-state index contributed by atoms with van der Waals surface area (Å²) in [6.07, 6.45) is 1.29. The summed E-state index contributed by atoms with van der Waals surface area (Å²) in [6.45, 7) is 0.242. The number of nitrogens with one attached hydrogen (secondary N) is 1. The van der Waals surface area contributed by atoms with Crippen molar-refractivity contribution in [2.45, 2.75) is 6.61 Å². The molecule has 1 N–H and O–H groups in total. The first-order valence-corrected chi connectivity index (χ1v) is 10.3. The number of nitrogens with zero attached hydrogens (tertiary/aromatic N) is 2. The normalized spacial score (nSPS) is 14.8. The van der Waals surface area contributed by atoms with Gasteiger partial charge in [0.25, 0.3) is 17.5 Å². The lowest BCUT2D eigenvalue weighted by Gasteiger charge is -2.26. The molecule has 0 radical (unpaired) electrons. The van der Waals surface area contributed by atoms with Gasteiger partial charge in [0.2, 0.25) is 0 Å². The molecular formula is C24H16ClN3O6. The van der Waals surface area contributed by atoms with Crippen molar-refractivity contribution < 1.29 is 24.0 Å². The van der Waals surface area contributed by atoms with Gasteiger partial charge in [0, 0.05) is 22.7 Å². The molecule has 1 aliphatic heterocycles. The molecular weight excluding hydrogens is 462 g/mol. The first kappa shape index (κ1) is 22.7. The van der Waals surface area contributed by atoms with Gasteiger partial charge in [-0.25, -0.2) is 9.69 Å². The Bertz CT molecular complexity index is 1320. The van der Waals surface area contributed by atoms with E-state index in [1.807, 2.05) is 30.3 Å². The number of urea groups is 1. The summed E-state index contributed by atoms with van der Waals surface area (Å²) in [5, 5.41) is 13.3. The third-order valence-corrected chi connectivity index (χ3v) is 5.16. The van der Waals surface area contributed by atoms with Crippen LogP contribution in [0.2, 0.25) is 5.02 Å². The fourth-order valence-corrected chi connectivity index (χ4v) is 3.45. The van der Waals surface area contributed by atoms with Crippen LogP contribution in [-0.4, -0.2) is 22.8 Å². The van der Waals surface area contributed by atoms with E-state index in [1.165, 1.54) is 24.3 Å². The minimum absolute atomic E-state index is 0.0677. The Morgan fingerprint density at radius 1 is 1.00 bits per heavy atom. The number of rotatable bonds is 6. The molecule has 170 valence electrons. The molecule has 0 aliphatic carbocycles. The van der Waals surface area contributed by atoms with E-state index >= 15 is 0 Å². The van der Waals surface area contributed by atoms with Crippen LogP contribution >= 0.6 is 11.6 Å². The maximum Gasteiger partial charge on any atom is 0.335 e. The number of ether oxygens (including phenoxy) is 1. The molecule has 3 aromatic rings. The van der Waals surface area contributed by atoms with Crippen LogP contribution in [0.5, 0.6) is 5.75 Å². The highest BCUT2D eigenvalue weighted by Gasteiger charge is 2.37. The van der Waals surface area contributed by atoms with Crippen molar-refractivity contribution in [1.82, 2.24) is 5.32 Å². The summed E-state index contributed by atoms with van der Waals surface area (Å²) in [6, 6.07) is 18.0. The standard InChI is InChI=1S/C24H16ClN3O6/c25-17-6-11-21(34-14-15-4-2-1-3-5-15)16(12-17)13-20-22(29)26-24(31)27(23(20)30)18-7-9-19(10-8-18)28(32)33/h1-13H,14H2,(H,26,29,31)/b20-13-. The number of hydrogen-bond acceptors (Lipinski definition) is 6. The Balaban J connectivity index is 1.66. The number of barbiturate groups is 1. The fourth-order valence-electron chi connectivity index (χ4n) is 3.27. The number of carbonyl (C=O) groups is 3. The summed E-state index contributed by atoms with van der Waals surface area (Å²) < 4.78 is 5.87. The topological polar surface area (TPSA) is 119 Å². The van der Waals surface area contributed by atoms with Crippen molar-refractivity contribution >= 4 is 46.9 Å². The average molecular weight is 478 g/mol. The number of non-ortho nitro benzene ring substituents is 1. The molecule has 10 heteroatoms. The van der Waals surface area contributed by atoms with Crippen molar-refractivity contribution in [2.75, 3.05) is 4.90 Å². The second kappa shape index (κ2) is 9.55. The second-order valence-corrected chi connectivity index (χ2v) is 7.62. The molecule has 0 bridgehead atoms. The van der Waals surface area contributed by atoms with Crippen LogP contribution in [-0.2, 0) is 16.2 Å². The Hall–Kier alpha value is -4.50. The van der Waals surface area contributed by atoms with E-state index in [9.17, 15) is 24.5 Å². The monoisotopic (exact) mass is 477 g/mol. The predicted molar refractivity (Wildman–Crippen MR) is 124 cm³/mol. The zero-order chi connectivity index (χ0) is 24.2. The summed E-state index contributed by atoms with van der Waals surface area (Å²) in [5.74, 6) is -1.40. The third kappa shape index (κ3) is 4.79. The molecule has 0 unspecified atom stereocenters. The third-order valence-electron chi connectivity index (χ3n) is 4.93. The Kier molecular flexibility index (Phi) is 6.37. The number of hydrogen-bond donors (Lipinski definition) is 1. The van der Waals surface area contributed by atoms with Gasteiger partial charge < -0.3 is 4.74 Å². The van der Waals surface area contributed by atoms with E-state index in [0.717, 1.165) is 22.6 Å². The maximum atomic E-state index is 13.1. The number of halogens is 1. The van der Waals surface area contributed by atoms with Crippen molar-refractivity contribution in [2.24, 2.45) is 0 Å². The smallest absolute Gasteiger partial charge is 0.335 e. The van der Waals surface area contributed by atoms with Gasteiger partial charge in [-0.15, -0.1) is 0 Å². The Labute approximate surface area is 198 Å². The van der Waals surface area contributed by atoms with Crippen LogP contribution in [0.4, 0.5) is 16.2 Å². The lowest BCUT2D eigenvalue weighted by atomic mass is 10.1. The summed E-state index contributed by atoms with van der Waals surface area (Å²) in [7, 11) is 0. The second-order valence-electron chi connectivity index (χ2n) is 7.19. The van der Waals surface area contributed by atoms with Gasteiger partial charge in [-0.05, 0) is 42.0 Å². The van der Waals surface area contributed by atoms with E-state index < -0.39 is 22.8 Å². The molecule has 9 nitrogen and oxygen atoms in total. The van der Waals surface area contributed by atoms with Crippen LogP contribution in [0.25, 0.3) is 6.08 Å². The number of nitro benzene ring substituents is 1. The van der Waals surface area contributed by atoms with Gasteiger partial charge in [0.1, 0.15) is 17.9 Å². The molecule has 34 heavy (non-hydrogen) atoms. The highest BCUT2D eigenvalue weighted by atomic mass is 35.5. The highest BCUT2D eigenvalue weighted by molar-refractivity contribution is 6.39. The minimum Gasteiger partial charge on any atom is -0.488 e. The van der Waals surface area contributed by atoms with Gasteiger partial charge in [0.05, 0.1) is 10.6 Å². The zero-order valence-corrected chi connectivity index (χ0v) is 18.2. The van der Waals surface area contributed by atoms with Crippen LogP contribution in [0.1, 0.15) is 11.1 Å². The Morgan fingerprint density at radius 2 is 1.71 bits per heavy atom. The number of nitro groups is 1. The SMILES string of the molecule is O=C1NC(=O)N(c2ccc([N+](=O)[O-])cc2)C(=O)/C1=C\c1cc(Cl)ccc1OCc1ccccc1. The molecule has 0 spiro atoms. The van der Waals surface area contributed by atoms with Crippen LogP contribution < -0.4 is 15.0 Å². The first-order valence-electron chi connectivity index (χ1n) is 9.95. The fraction of sp³-hybridized carbons (Fsp3) is 0.0417. The van der Waals surface area contributed by atoms with E-state index in [1.54, 1.807) is 12.1 Å². The molecule has 0 aromatic heterocycles. The van der Waals surface area contributed by atoms with Crippen LogP contribution in [0.15, 0.2) is 78.4 Å². The molecule has 0 atom stereocenters. The highest BCUT2D eigenvalue weighted by Crippen LogP contribution is 2.29. The summed E-state index contributed by atoms with van der Waals surface area (Å²) in [5.41, 5.74) is 0.805. The van der Waals surface area contributed by atoms with Crippen LogP contribution in [0.3, 0.4) is 0 Å². The number of benzene rings is 3. The lowest BCUT2D eigenvalue weighted by Crippen LogP contribution is -2.54. The van der Waals surface area contributed by atoms with Crippen molar-refractivity contribution in [3.8, 4) is 5.75 Å². The van der Waals surface area contributed by atoms with E-state index in [0.29, 0.717) is 16.3 Å². The number of amides is 4. The van der Waals surface area contributed by atoms with Crippen LogP contribution in [0, 0.1) is 10.1 Å². The van der Waals surface area contributed by atoms with Crippen molar-refractivity contribution in [3.05, 3.63) is 105 Å². The summed E-state index contributed by atoms with van der Waals surface area (Å²) >= 11 is 6.12. The Morgan fingerprint density at radius 3 is 2.38 bits per heavy atom. The van der Waals surface area contributed by atoms with Gasteiger partial charge >= 0.3 is 6.03 Å². The first-order chi connectivity index (χ1) is 16.3. The molecule has 3 aromatic carbocycles. The molecule has 1 heterocycles. The predicted octanol–water partition coefficient (Wildman–Crippen LogP) is 4.49. The largest absolute Gasteiger partial charge is 0.488 e. The van der Waals surface area contributed by atoms with Gasteiger partial charge in [0.15, 0.2) is 0 Å². The van der Waals surface area contributed by atoms with E-state index in [2.05, 4.69) is 5.32 Å². The quantitative estimate of drug-likeness (QED) is 0.242. The average Bonchev–Trinajstić information content (AvgIpc) is 2.82. The molecule has 1 fully saturated rings. The minimum atomic E-state index is -0.965. The van der Waals surface area contributed by atoms with Crippen molar-refractivity contribution in [1.29, 1.82) is 0 Å². The molecule has 1 aliphatic rings. The van der Waals surface area contributed by atoms with Gasteiger partial charge in [-0.1, -0.05) is 41.9 Å². The number of carbonyl (C=O) groups excluding carboxylic acids is 3. The number of imide groups is 2. The number of anilines is 1. The molecule has 1 saturated heterocycles.